The van der Waals surface area contributed by atoms with Crippen LogP contribution in [0.5, 0.6) is 0 Å². The van der Waals surface area contributed by atoms with Crippen LogP contribution in [0.15, 0.2) is 61.1 Å². The molecule has 0 saturated carbocycles. The van der Waals surface area contributed by atoms with E-state index in [0.29, 0.717) is 25.0 Å². The number of hydrogen-bond acceptors (Lipinski definition) is 4. The van der Waals surface area contributed by atoms with E-state index in [1.165, 1.54) is 0 Å². The molecule has 3 heterocycles. The van der Waals surface area contributed by atoms with Gasteiger partial charge < -0.3 is 10.1 Å². The maximum Gasteiger partial charge on any atom is 0.254 e. The summed E-state index contributed by atoms with van der Waals surface area (Å²) in [4.78, 5) is 17.5. The number of halogens is 1. The fourth-order valence-corrected chi connectivity index (χ4v) is 4.32. The first-order valence-corrected chi connectivity index (χ1v) is 11.1. The highest BCUT2D eigenvalue weighted by atomic mass is 19.1. The van der Waals surface area contributed by atoms with E-state index in [4.69, 9.17) is 4.74 Å². The molecular weight excluding hydrogens is 419 g/mol. The summed E-state index contributed by atoms with van der Waals surface area (Å²) < 4.78 is 22.5. The number of nitrogens with one attached hydrogen (secondary N) is 1. The molecule has 33 heavy (non-hydrogen) atoms. The second kappa shape index (κ2) is 9.11. The molecule has 1 saturated heterocycles. The zero-order valence-corrected chi connectivity index (χ0v) is 18.4. The van der Waals surface area contributed by atoms with Crippen LogP contribution < -0.4 is 5.32 Å². The molecule has 0 spiro atoms. The highest BCUT2D eigenvalue weighted by Crippen LogP contribution is 2.28. The van der Waals surface area contributed by atoms with Gasteiger partial charge in [-0.1, -0.05) is 30.3 Å². The Balaban J connectivity index is 1.45. The highest BCUT2D eigenvalue weighted by molar-refractivity contribution is 6.00. The van der Waals surface area contributed by atoms with E-state index in [2.05, 4.69) is 15.4 Å². The first kappa shape index (κ1) is 21.3. The molecule has 168 valence electrons. The van der Waals surface area contributed by atoms with Gasteiger partial charge in [-0.2, -0.15) is 5.10 Å². The van der Waals surface area contributed by atoms with Crippen LogP contribution in [0.3, 0.4) is 0 Å². The summed E-state index contributed by atoms with van der Waals surface area (Å²) in [6.07, 6.45) is 7.77. The molecule has 1 atom stereocenters. The number of aromatic nitrogens is 3. The van der Waals surface area contributed by atoms with Crippen LogP contribution in [0.4, 0.5) is 4.39 Å². The maximum absolute atomic E-state index is 15.3. The van der Waals surface area contributed by atoms with Crippen LogP contribution in [0.2, 0.25) is 0 Å². The quantitative estimate of drug-likeness (QED) is 0.499. The van der Waals surface area contributed by atoms with Gasteiger partial charge in [0, 0.05) is 37.0 Å². The van der Waals surface area contributed by atoms with Crippen LogP contribution in [0.1, 0.15) is 34.3 Å². The van der Waals surface area contributed by atoms with Crippen molar-refractivity contribution in [3.05, 3.63) is 83.6 Å². The van der Waals surface area contributed by atoms with Crippen molar-refractivity contribution in [2.75, 3.05) is 13.2 Å². The van der Waals surface area contributed by atoms with Crippen molar-refractivity contribution in [2.24, 2.45) is 7.05 Å². The van der Waals surface area contributed by atoms with Gasteiger partial charge in [-0.15, -0.1) is 0 Å². The SMILES string of the molecule is Cn1cc(-c2ccc(Cc3cc(C(=O)N[C@@H]4CCCOC4)c(F)c4ccccc34)cn2)cn1. The highest BCUT2D eigenvalue weighted by Gasteiger charge is 2.22. The van der Waals surface area contributed by atoms with Crippen LogP contribution in [0.25, 0.3) is 22.0 Å². The third-order valence-corrected chi connectivity index (χ3v) is 6.02. The van der Waals surface area contributed by atoms with E-state index in [9.17, 15) is 4.79 Å². The Hall–Kier alpha value is -3.58. The van der Waals surface area contributed by atoms with Gasteiger partial charge in [0.15, 0.2) is 0 Å². The standard InChI is InChI=1S/C26H25FN4O2/c1-31-15-19(14-29-31)24-9-8-17(13-28-24)11-18-12-23(25(27)22-7-3-2-6-21(18)22)26(32)30-20-5-4-10-33-16-20/h2-3,6-9,12-15,20H,4-5,10-11,16H2,1H3,(H,30,32)/t20-/m1/s1. The number of rotatable bonds is 5. The predicted molar refractivity (Wildman–Crippen MR) is 124 cm³/mol. The molecule has 1 N–H and O–H groups in total. The Morgan fingerprint density at radius 1 is 1.21 bits per heavy atom. The van der Waals surface area contributed by atoms with Gasteiger partial charge in [0.1, 0.15) is 5.82 Å². The number of aryl methyl sites for hydroxylation is 1. The molecule has 1 aliphatic rings. The maximum atomic E-state index is 15.3. The van der Waals surface area contributed by atoms with Gasteiger partial charge in [-0.05, 0) is 47.9 Å². The average molecular weight is 445 g/mol. The molecule has 1 fully saturated rings. The van der Waals surface area contributed by atoms with E-state index >= 15 is 4.39 Å². The Bertz CT molecular complexity index is 1290. The number of pyridine rings is 1. The van der Waals surface area contributed by atoms with Gasteiger partial charge >= 0.3 is 0 Å². The van der Waals surface area contributed by atoms with Gasteiger partial charge in [0.25, 0.3) is 5.91 Å². The molecule has 2 aromatic heterocycles. The minimum absolute atomic E-state index is 0.0641. The molecule has 5 rings (SSSR count). The minimum atomic E-state index is -0.492. The van der Waals surface area contributed by atoms with Crippen molar-refractivity contribution in [1.82, 2.24) is 20.1 Å². The molecule has 0 radical (unpaired) electrons. The molecule has 7 heteroatoms. The van der Waals surface area contributed by atoms with Crippen LogP contribution in [0, 0.1) is 5.82 Å². The average Bonchev–Trinajstić information content (AvgIpc) is 3.28. The number of carbonyl (C=O) groups excluding carboxylic acids is 1. The number of fused-ring (bicyclic) bond motifs is 1. The third kappa shape index (κ3) is 4.50. The number of ether oxygens (including phenoxy) is 1. The summed E-state index contributed by atoms with van der Waals surface area (Å²) in [5.74, 6) is -0.895. The molecule has 2 aromatic carbocycles. The van der Waals surface area contributed by atoms with Gasteiger partial charge in [0.2, 0.25) is 0 Å². The lowest BCUT2D eigenvalue weighted by molar-refractivity contribution is 0.0622. The summed E-state index contributed by atoms with van der Waals surface area (Å²) >= 11 is 0. The number of hydrogen-bond donors (Lipinski definition) is 1. The van der Waals surface area contributed by atoms with Crippen molar-refractivity contribution in [2.45, 2.75) is 25.3 Å². The number of benzene rings is 2. The Labute approximate surface area is 191 Å². The first-order valence-electron chi connectivity index (χ1n) is 11.1. The molecular formula is C26H25FN4O2. The normalized spacial score (nSPS) is 16.1. The Morgan fingerprint density at radius 3 is 2.76 bits per heavy atom. The minimum Gasteiger partial charge on any atom is -0.379 e. The third-order valence-electron chi connectivity index (χ3n) is 6.02. The summed E-state index contributed by atoms with van der Waals surface area (Å²) in [6, 6.07) is 12.8. The van der Waals surface area contributed by atoms with E-state index in [-0.39, 0.29) is 11.6 Å². The van der Waals surface area contributed by atoms with E-state index in [1.54, 1.807) is 29.1 Å². The van der Waals surface area contributed by atoms with Crippen molar-refractivity contribution in [3.8, 4) is 11.3 Å². The van der Waals surface area contributed by atoms with E-state index in [0.717, 1.165) is 40.6 Å². The van der Waals surface area contributed by atoms with Gasteiger partial charge in [-0.25, -0.2) is 4.39 Å². The Morgan fingerprint density at radius 2 is 2.06 bits per heavy atom. The first-order chi connectivity index (χ1) is 16.1. The molecule has 1 amide bonds. The molecule has 1 aliphatic heterocycles. The van der Waals surface area contributed by atoms with E-state index < -0.39 is 11.7 Å². The van der Waals surface area contributed by atoms with Crippen molar-refractivity contribution in [3.63, 3.8) is 0 Å². The molecule has 0 unspecified atom stereocenters. The molecule has 4 aromatic rings. The van der Waals surface area contributed by atoms with Crippen molar-refractivity contribution >= 4 is 16.7 Å². The lowest BCUT2D eigenvalue weighted by atomic mass is 9.95. The lowest BCUT2D eigenvalue weighted by Crippen LogP contribution is -2.41. The molecule has 6 nitrogen and oxygen atoms in total. The number of carbonyl (C=O) groups is 1. The zero-order valence-electron chi connectivity index (χ0n) is 18.4. The van der Waals surface area contributed by atoms with Crippen molar-refractivity contribution in [1.29, 1.82) is 0 Å². The summed E-state index contributed by atoms with van der Waals surface area (Å²) in [5, 5.41) is 8.36. The smallest absolute Gasteiger partial charge is 0.254 e. The van der Waals surface area contributed by atoms with Gasteiger partial charge in [-0.3, -0.25) is 14.5 Å². The second-order valence-electron chi connectivity index (χ2n) is 8.46. The second-order valence-corrected chi connectivity index (χ2v) is 8.46. The zero-order chi connectivity index (χ0) is 22.8. The fraction of sp³-hybridized carbons (Fsp3) is 0.269. The van der Waals surface area contributed by atoms with Gasteiger partial charge in [0.05, 0.1) is 30.1 Å². The van der Waals surface area contributed by atoms with Crippen LogP contribution >= 0.6 is 0 Å². The fourth-order valence-electron chi connectivity index (χ4n) is 4.32. The largest absolute Gasteiger partial charge is 0.379 e. The lowest BCUT2D eigenvalue weighted by Gasteiger charge is -2.23. The predicted octanol–water partition coefficient (Wildman–Crippen LogP) is 4.27. The molecule has 0 bridgehead atoms. The Kier molecular flexibility index (Phi) is 5.88. The topological polar surface area (TPSA) is 69.0 Å². The molecule has 0 aliphatic carbocycles. The number of nitrogens with zero attached hydrogens (tertiary/aromatic N) is 3. The van der Waals surface area contributed by atoms with E-state index in [1.807, 2.05) is 43.7 Å². The number of amides is 1. The summed E-state index contributed by atoms with van der Waals surface area (Å²) in [6.45, 7) is 1.16. The van der Waals surface area contributed by atoms with Crippen LogP contribution in [-0.2, 0) is 18.2 Å². The summed E-state index contributed by atoms with van der Waals surface area (Å²) in [5.41, 5.74) is 3.71. The van der Waals surface area contributed by atoms with Crippen molar-refractivity contribution < 1.29 is 13.9 Å². The summed E-state index contributed by atoms with van der Waals surface area (Å²) in [7, 11) is 1.87. The monoisotopic (exact) mass is 444 g/mol. The van der Waals surface area contributed by atoms with Crippen LogP contribution in [-0.4, -0.2) is 39.9 Å².